The highest BCUT2D eigenvalue weighted by Crippen LogP contribution is 2.26. The minimum atomic E-state index is -1.27. The second-order valence-corrected chi connectivity index (χ2v) is 4.84. The summed E-state index contributed by atoms with van der Waals surface area (Å²) in [6, 6.07) is 0. The Morgan fingerprint density at radius 1 is 1.21 bits per heavy atom. The maximum atomic E-state index is 11.8. The van der Waals surface area contributed by atoms with Crippen LogP contribution in [0.2, 0.25) is 0 Å². The van der Waals surface area contributed by atoms with Gasteiger partial charge in [0.05, 0.1) is 6.61 Å². The molecule has 0 rings (SSSR count). The van der Waals surface area contributed by atoms with Gasteiger partial charge in [0.25, 0.3) is 0 Å². The summed E-state index contributed by atoms with van der Waals surface area (Å²) in [5.41, 5.74) is 0. The van der Waals surface area contributed by atoms with Gasteiger partial charge in [-0.3, -0.25) is 4.79 Å². The smallest absolute Gasteiger partial charge is 0.334 e. The van der Waals surface area contributed by atoms with E-state index in [2.05, 4.69) is 41.4 Å². The molecule has 4 heteroatoms. The standard InChI is InChI=1S/C15H12O3S/c1-5-7-8-9-10-11-12-15(4,19-13(3)16)14(17)18-6-2/h1H,6H2,2-4H3/t15-/m1/s1. The molecule has 0 bridgehead atoms. The molecule has 0 aromatic heterocycles. The zero-order chi connectivity index (χ0) is 14.7. The third-order valence-corrected chi connectivity index (χ3v) is 2.60. The van der Waals surface area contributed by atoms with Crippen LogP contribution in [0.25, 0.3) is 0 Å². The van der Waals surface area contributed by atoms with Crippen molar-refractivity contribution < 1.29 is 14.3 Å². The zero-order valence-electron chi connectivity index (χ0n) is 10.9. The first-order valence-corrected chi connectivity index (χ1v) is 6.12. The Hall–Kier alpha value is -2.27. The summed E-state index contributed by atoms with van der Waals surface area (Å²) < 4.78 is 3.62. The van der Waals surface area contributed by atoms with Gasteiger partial charge in [0.2, 0.25) is 0 Å². The van der Waals surface area contributed by atoms with Gasteiger partial charge in [-0.25, -0.2) is 4.79 Å². The molecule has 0 aliphatic carbocycles. The van der Waals surface area contributed by atoms with Gasteiger partial charge in [-0.1, -0.05) is 17.7 Å². The molecule has 0 saturated heterocycles. The summed E-state index contributed by atoms with van der Waals surface area (Å²) in [7, 11) is 0. The zero-order valence-corrected chi connectivity index (χ0v) is 11.7. The fourth-order valence-electron chi connectivity index (χ4n) is 0.955. The van der Waals surface area contributed by atoms with E-state index >= 15 is 0 Å². The average Bonchev–Trinajstić information content (AvgIpc) is 2.33. The number of hydrogen-bond donors (Lipinski definition) is 0. The summed E-state index contributed by atoms with van der Waals surface area (Å²) in [5, 5.41) is -0.232. The third-order valence-electron chi connectivity index (χ3n) is 1.64. The van der Waals surface area contributed by atoms with E-state index < -0.39 is 10.7 Å². The van der Waals surface area contributed by atoms with Crippen molar-refractivity contribution >= 4 is 22.8 Å². The molecule has 0 unspecified atom stereocenters. The first-order valence-electron chi connectivity index (χ1n) is 5.31. The predicted molar refractivity (Wildman–Crippen MR) is 75.5 cm³/mol. The number of rotatable bonds is 3. The molecule has 0 heterocycles. The summed E-state index contributed by atoms with van der Waals surface area (Å²) in [4.78, 5) is 22.9. The Labute approximate surface area is 117 Å². The number of esters is 1. The first-order chi connectivity index (χ1) is 8.96. The number of terminal acetylenes is 1. The van der Waals surface area contributed by atoms with E-state index in [1.807, 2.05) is 0 Å². The van der Waals surface area contributed by atoms with E-state index in [0.29, 0.717) is 0 Å². The lowest BCUT2D eigenvalue weighted by atomic mass is 10.2. The van der Waals surface area contributed by atoms with Crippen molar-refractivity contribution in [1.82, 2.24) is 0 Å². The molecule has 19 heavy (non-hydrogen) atoms. The van der Waals surface area contributed by atoms with Crippen LogP contribution in [0.5, 0.6) is 0 Å². The number of carbonyl (C=O) groups excluding carboxylic acids is 2. The number of hydrogen-bond acceptors (Lipinski definition) is 4. The van der Waals surface area contributed by atoms with Gasteiger partial charge in [-0.2, -0.15) is 0 Å². The summed E-state index contributed by atoms with van der Waals surface area (Å²) in [5.74, 6) is 16.1. The van der Waals surface area contributed by atoms with Crippen LogP contribution >= 0.6 is 11.8 Å². The second-order valence-electron chi connectivity index (χ2n) is 3.24. The lowest BCUT2D eigenvalue weighted by Crippen LogP contribution is -2.33. The molecule has 0 fully saturated rings. The topological polar surface area (TPSA) is 43.4 Å². The van der Waals surface area contributed by atoms with Crippen LogP contribution in [0.4, 0.5) is 0 Å². The van der Waals surface area contributed by atoms with Crippen molar-refractivity contribution in [2.45, 2.75) is 25.5 Å². The largest absolute Gasteiger partial charge is 0.464 e. The van der Waals surface area contributed by atoms with Gasteiger partial charge in [-0.15, -0.1) is 6.42 Å². The predicted octanol–water partition coefficient (Wildman–Crippen LogP) is 1.23. The van der Waals surface area contributed by atoms with Crippen molar-refractivity contribution in [3.63, 3.8) is 0 Å². The molecule has 0 amide bonds. The minimum absolute atomic E-state index is 0.216. The van der Waals surface area contributed by atoms with Crippen LogP contribution in [-0.2, 0) is 14.3 Å². The van der Waals surface area contributed by atoms with E-state index in [4.69, 9.17) is 11.2 Å². The quantitative estimate of drug-likeness (QED) is 0.572. The van der Waals surface area contributed by atoms with Crippen LogP contribution in [0.3, 0.4) is 0 Å². The fourth-order valence-corrected chi connectivity index (χ4v) is 1.77. The molecule has 0 aromatic rings. The Bertz CT molecular complexity index is 579. The molecular formula is C15H12O3S. The summed E-state index contributed by atoms with van der Waals surface area (Å²) in [6.45, 7) is 4.76. The van der Waals surface area contributed by atoms with Crippen molar-refractivity contribution in [1.29, 1.82) is 0 Å². The molecule has 1 atom stereocenters. The van der Waals surface area contributed by atoms with Crippen LogP contribution in [0.15, 0.2) is 0 Å². The van der Waals surface area contributed by atoms with Gasteiger partial charge in [0.15, 0.2) is 9.86 Å². The fraction of sp³-hybridized carbons (Fsp3) is 0.333. The highest BCUT2D eigenvalue weighted by molar-refractivity contribution is 8.15. The molecule has 0 radical (unpaired) electrons. The molecule has 3 nitrogen and oxygen atoms in total. The molecule has 0 aliphatic heterocycles. The Morgan fingerprint density at radius 2 is 1.79 bits per heavy atom. The molecular weight excluding hydrogens is 260 g/mol. The first kappa shape index (κ1) is 16.7. The number of ether oxygens (including phenoxy) is 1. The maximum Gasteiger partial charge on any atom is 0.334 e. The molecule has 0 saturated carbocycles. The molecule has 0 aliphatic rings. The summed E-state index contributed by atoms with van der Waals surface area (Å²) in [6.07, 6.45) is 4.91. The average molecular weight is 272 g/mol. The van der Waals surface area contributed by atoms with E-state index in [0.717, 1.165) is 11.8 Å². The highest BCUT2D eigenvalue weighted by atomic mass is 32.2. The van der Waals surface area contributed by atoms with Gasteiger partial charge < -0.3 is 4.74 Å². The molecule has 0 spiro atoms. The lowest BCUT2D eigenvalue weighted by Gasteiger charge is -2.18. The Morgan fingerprint density at radius 3 is 2.32 bits per heavy atom. The third kappa shape index (κ3) is 6.90. The summed E-state index contributed by atoms with van der Waals surface area (Å²) >= 11 is 0.795. The lowest BCUT2D eigenvalue weighted by molar-refractivity contribution is -0.144. The highest BCUT2D eigenvalue weighted by Gasteiger charge is 2.35. The Balaban J connectivity index is 5.11. The Kier molecular flexibility index (Phi) is 7.72. The van der Waals surface area contributed by atoms with Crippen molar-refractivity contribution in [2.75, 3.05) is 6.61 Å². The van der Waals surface area contributed by atoms with Gasteiger partial charge in [0, 0.05) is 6.92 Å². The number of carbonyl (C=O) groups is 2. The van der Waals surface area contributed by atoms with Crippen LogP contribution in [-0.4, -0.2) is 22.4 Å². The van der Waals surface area contributed by atoms with Crippen molar-refractivity contribution in [3.8, 4) is 47.9 Å². The van der Waals surface area contributed by atoms with E-state index in [1.165, 1.54) is 13.8 Å². The van der Waals surface area contributed by atoms with Gasteiger partial charge >= 0.3 is 5.97 Å². The SMILES string of the molecule is C#CC#CC#CC#C[C@@](C)(SC(C)=O)C(=O)OCC. The van der Waals surface area contributed by atoms with E-state index in [9.17, 15) is 9.59 Å². The molecule has 0 aromatic carbocycles. The molecule has 96 valence electrons. The maximum absolute atomic E-state index is 11.8. The normalized spacial score (nSPS) is 10.8. The van der Waals surface area contributed by atoms with Gasteiger partial charge in [-0.05, 0) is 49.4 Å². The van der Waals surface area contributed by atoms with Crippen LogP contribution in [0, 0.1) is 47.9 Å². The number of thioether (sulfide) groups is 1. The molecule has 0 N–H and O–H groups in total. The van der Waals surface area contributed by atoms with Crippen LogP contribution < -0.4 is 0 Å². The van der Waals surface area contributed by atoms with Gasteiger partial charge in [0.1, 0.15) is 0 Å². The second kappa shape index (κ2) is 8.77. The van der Waals surface area contributed by atoms with E-state index in [1.54, 1.807) is 6.92 Å². The minimum Gasteiger partial charge on any atom is -0.464 e. The van der Waals surface area contributed by atoms with Crippen LogP contribution in [0.1, 0.15) is 20.8 Å². The van der Waals surface area contributed by atoms with Crippen molar-refractivity contribution in [2.24, 2.45) is 0 Å². The van der Waals surface area contributed by atoms with Crippen molar-refractivity contribution in [3.05, 3.63) is 0 Å². The monoisotopic (exact) mass is 272 g/mol. The van der Waals surface area contributed by atoms with E-state index in [-0.39, 0.29) is 11.7 Å².